The molecule has 7 nitrogen and oxygen atoms in total. The Balaban J connectivity index is 1.43. The average molecular weight is 448 g/mol. The van der Waals surface area contributed by atoms with E-state index >= 15 is 0 Å². The highest BCUT2D eigenvalue weighted by Gasteiger charge is 2.27. The molecule has 1 N–H and O–H groups in total. The van der Waals surface area contributed by atoms with E-state index in [0.717, 1.165) is 17.7 Å². The van der Waals surface area contributed by atoms with Gasteiger partial charge in [-0.2, -0.15) is 8.42 Å². The number of amidine groups is 1. The number of hydrogen-bond donors (Lipinski definition) is 1. The Hall–Kier alpha value is -2.85. The molecule has 0 aromatic heterocycles. The monoisotopic (exact) mass is 448 g/mol. The number of nitrogens with zero attached hydrogens (tertiary/aromatic N) is 3. The van der Waals surface area contributed by atoms with Crippen molar-refractivity contribution in [3.8, 4) is 0 Å². The maximum atomic E-state index is 14.0. The van der Waals surface area contributed by atoms with Crippen LogP contribution in [0.2, 0.25) is 0 Å². The van der Waals surface area contributed by atoms with Crippen molar-refractivity contribution in [1.82, 2.24) is 9.80 Å². The number of fused-ring (bicyclic) bond motifs is 1. The molecule has 4 rings (SSSR count). The van der Waals surface area contributed by atoms with Gasteiger partial charge in [0, 0.05) is 32.2 Å². The van der Waals surface area contributed by atoms with Crippen molar-refractivity contribution in [2.45, 2.75) is 18.2 Å². The van der Waals surface area contributed by atoms with E-state index in [-0.39, 0.29) is 17.0 Å². The van der Waals surface area contributed by atoms with Crippen LogP contribution in [0.15, 0.2) is 45.7 Å². The molecule has 164 valence electrons. The summed E-state index contributed by atoms with van der Waals surface area (Å²) < 4.78 is 56.1. The highest BCUT2D eigenvalue weighted by Crippen LogP contribution is 2.28. The molecule has 0 unspecified atom stereocenters. The number of carbonyl (C=O) groups is 1. The first-order valence-corrected chi connectivity index (χ1v) is 11.4. The lowest BCUT2D eigenvalue weighted by Gasteiger charge is -2.25. The summed E-state index contributed by atoms with van der Waals surface area (Å²) in [6.45, 7) is 3.95. The van der Waals surface area contributed by atoms with E-state index in [0.29, 0.717) is 50.2 Å². The highest BCUT2D eigenvalue weighted by molar-refractivity contribution is 7.90. The molecule has 31 heavy (non-hydrogen) atoms. The molecule has 2 aliphatic rings. The van der Waals surface area contributed by atoms with E-state index in [1.807, 2.05) is 17.9 Å². The number of halogens is 2. The maximum Gasteiger partial charge on any atom is 0.286 e. The van der Waals surface area contributed by atoms with Crippen LogP contribution < -0.4 is 5.32 Å². The fourth-order valence-corrected chi connectivity index (χ4v) is 4.99. The fraction of sp³-hybridized carbons (Fsp3) is 0.333. The highest BCUT2D eigenvalue weighted by atomic mass is 32.2. The zero-order valence-corrected chi connectivity index (χ0v) is 17.8. The van der Waals surface area contributed by atoms with Gasteiger partial charge in [-0.25, -0.2) is 8.78 Å². The molecule has 0 spiro atoms. The number of anilines is 1. The first-order chi connectivity index (χ1) is 14.7. The zero-order valence-electron chi connectivity index (χ0n) is 16.9. The molecular weight excluding hydrogens is 426 g/mol. The summed E-state index contributed by atoms with van der Waals surface area (Å²) in [5.74, 6) is -1.78. The standard InChI is InChI=1S/C21H22F2N4O3S/c1-14-3-6-18-19(11-14)31(29,30)25-20(24-18)13-26-7-2-8-27(10-9-26)21(28)16-5-4-15(22)12-17(16)23/h3-6,11-12H,2,7-10,13H2,1H3,(H,24,25). The first kappa shape index (κ1) is 21.4. The van der Waals surface area contributed by atoms with Gasteiger partial charge in [0.1, 0.15) is 22.4 Å². The summed E-state index contributed by atoms with van der Waals surface area (Å²) in [6, 6.07) is 8.05. The molecule has 2 aromatic rings. The van der Waals surface area contributed by atoms with Gasteiger partial charge in [-0.15, -0.1) is 4.40 Å². The number of rotatable bonds is 3. The van der Waals surface area contributed by atoms with Crippen molar-refractivity contribution in [2.24, 2.45) is 4.40 Å². The Bertz CT molecular complexity index is 1170. The summed E-state index contributed by atoms with van der Waals surface area (Å²) in [5, 5.41) is 3.08. The van der Waals surface area contributed by atoms with Crippen molar-refractivity contribution in [3.63, 3.8) is 0 Å². The van der Waals surface area contributed by atoms with Crippen LogP contribution in [0.5, 0.6) is 0 Å². The zero-order chi connectivity index (χ0) is 22.2. The first-order valence-electron chi connectivity index (χ1n) is 9.91. The van der Waals surface area contributed by atoms with Crippen LogP contribution in [-0.2, 0) is 10.0 Å². The van der Waals surface area contributed by atoms with Crippen LogP contribution in [0.25, 0.3) is 0 Å². The SMILES string of the molecule is Cc1ccc2c(c1)S(=O)(=O)N=C(CN1CCCN(C(=O)c3ccc(F)cc3F)CC1)N2. The minimum atomic E-state index is -3.78. The second-order valence-corrected chi connectivity index (χ2v) is 9.26. The van der Waals surface area contributed by atoms with Crippen LogP contribution in [0.3, 0.4) is 0 Å². The van der Waals surface area contributed by atoms with Gasteiger partial charge in [-0.3, -0.25) is 9.69 Å². The summed E-state index contributed by atoms with van der Waals surface area (Å²) in [4.78, 5) is 16.3. The minimum Gasteiger partial charge on any atom is -0.341 e. The molecule has 0 bridgehead atoms. The molecule has 1 fully saturated rings. The second-order valence-electron chi connectivity index (χ2n) is 7.68. The van der Waals surface area contributed by atoms with E-state index in [9.17, 15) is 22.0 Å². The number of aryl methyl sites for hydroxylation is 1. The van der Waals surface area contributed by atoms with Crippen LogP contribution >= 0.6 is 0 Å². The third kappa shape index (κ3) is 4.59. The van der Waals surface area contributed by atoms with Crippen molar-refractivity contribution < 1.29 is 22.0 Å². The number of sulfonamides is 1. The Morgan fingerprint density at radius 2 is 1.90 bits per heavy atom. The van der Waals surface area contributed by atoms with Crippen LogP contribution in [-0.4, -0.2) is 62.7 Å². The number of benzene rings is 2. The normalized spacial score (nSPS) is 18.5. The molecule has 2 heterocycles. The third-order valence-electron chi connectivity index (χ3n) is 5.33. The lowest BCUT2D eigenvalue weighted by molar-refractivity contribution is 0.0757. The molecule has 0 atom stereocenters. The largest absolute Gasteiger partial charge is 0.341 e. The summed E-state index contributed by atoms with van der Waals surface area (Å²) in [6.07, 6.45) is 0.629. The molecule has 1 amide bonds. The Kier molecular flexibility index (Phi) is 5.76. The summed E-state index contributed by atoms with van der Waals surface area (Å²) in [5.41, 5.74) is 1.16. The smallest absolute Gasteiger partial charge is 0.286 e. The molecule has 2 aliphatic heterocycles. The third-order valence-corrected chi connectivity index (χ3v) is 6.69. The van der Waals surface area contributed by atoms with Crippen molar-refractivity contribution in [3.05, 3.63) is 59.2 Å². The number of amides is 1. The maximum absolute atomic E-state index is 14.0. The predicted molar refractivity (Wildman–Crippen MR) is 113 cm³/mol. The van der Waals surface area contributed by atoms with Gasteiger partial charge in [0.25, 0.3) is 15.9 Å². The molecule has 1 saturated heterocycles. The van der Waals surface area contributed by atoms with Crippen LogP contribution in [0.4, 0.5) is 14.5 Å². The molecule has 0 saturated carbocycles. The Labute approximate surface area is 179 Å². The second kappa shape index (κ2) is 8.35. The lowest BCUT2D eigenvalue weighted by atomic mass is 10.1. The molecule has 10 heteroatoms. The van der Waals surface area contributed by atoms with Gasteiger partial charge in [-0.1, -0.05) is 6.07 Å². The topological polar surface area (TPSA) is 82.1 Å². The fourth-order valence-electron chi connectivity index (χ4n) is 3.76. The van der Waals surface area contributed by atoms with Gasteiger partial charge in [0.2, 0.25) is 0 Å². The number of nitrogens with one attached hydrogen (secondary N) is 1. The predicted octanol–water partition coefficient (Wildman–Crippen LogP) is 2.63. The lowest BCUT2D eigenvalue weighted by Crippen LogP contribution is -2.39. The van der Waals surface area contributed by atoms with Gasteiger partial charge in [0.05, 0.1) is 17.8 Å². The van der Waals surface area contributed by atoms with Crippen molar-refractivity contribution >= 4 is 27.5 Å². The summed E-state index contributed by atoms with van der Waals surface area (Å²) in [7, 11) is -3.78. The molecule has 0 radical (unpaired) electrons. The van der Waals surface area contributed by atoms with Crippen LogP contribution in [0, 0.1) is 18.6 Å². The van der Waals surface area contributed by atoms with Gasteiger partial charge in [-0.05, 0) is 43.2 Å². The minimum absolute atomic E-state index is 0.158. The van der Waals surface area contributed by atoms with Crippen molar-refractivity contribution in [2.75, 3.05) is 38.0 Å². The molecule has 2 aromatic carbocycles. The van der Waals surface area contributed by atoms with Crippen LogP contribution in [0.1, 0.15) is 22.3 Å². The van der Waals surface area contributed by atoms with E-state index in [2.05, 4.69) is 9.71 Å². The van der Waals surface area contributed by atoms with E-state index in [1.54, 1.807) is 12.1 Å². The van der Waals surface area contributed by atoms with E-state index in [1.165, 1.54) is 4.90 Å². The number of carbonyl (C=O) groups excluding carboxylic acids is 1. The van der Waals surface area contributed by atoms with Gasteiger partial charge >= 0.3 is 0 Å². The van der Waals surface area contributed by atoms with E-state index < -0.39 is 27.6 Å². The Morgan fingerprint density at radius 1 is 1.10 bits per heavy atom. The van der Waals surface area contributed by atoms with E-state index in [4.69, 9.17) is 0 Å². The van der Waals surface area contributed by atoms with Crippen molar-refractivity contribution in [1.29, 1.82) is 0 Å². The molecule has 0 aliphatic carbocycles. The van der Waals surface area contributed by atoms with Gasteiger partial charge < -0.3 is 10.2 Å². The molecular formula is C21H22F2N4O3S. The van der Waals surface area contributed by atoms with Gasteiger partial charge in [0.15, 0.2) is 0 Å². The number of hydrogen-bond acceptors (Lipinski definition) is 5. The Morgan fingerprint density at radius 3 is 2.68 bits per heavy atom. The quantitative estimate of drug-likeness (QED) is 0.781. The summed E-state index contributed by atoms with van der Waals surface area (Å²) >= 11 is 0. The average Bonchev–Trinajstić information content (AvgIpc) is 2.93.